The lowest BCUT2D eigenvalue weighted by atomic mass is 10.1. The van der Waals surface area contributed by atoms with E-state index in [1.54, 1.807) is 30.3 Å². The van der Waals surface area contributed by atoms with E-state index in [0.29, 0.717) is 11.5 Å². The lowest BCUT2D eigenvalue weighted by molar-refractivity contribution is -0.122. The topological polar surface area (TPSA) is 130 Å². The fourth-order valence-electron chi connectivity index (χ4n) is 3.85. The maximum absolute atomic E-state index is 13.3. The molecule has 1 N–H and O–H groups in total. The number of hydrogen-bond donors (Lipinski definition) is 1. The Morgan fingerprint density at radius 1 is 0.795 bits per heavy atom. The van der Waals surface area contributed by atoms with Gasteiger partial charge in [-0.2, -0.15) is 0 Å². The number of urea groups is 1. The number of ether oxygens (including phenoxy) is 5. The summed E-state index contributed by atoms with van der Waals surface area (Å²) in [6, 6.07) is 14.5. The van der Waals surface area contributed by atoms with Crippen LogP contribution in [0, 0.1) is 0 Å². The smallest absolute Gasteiger partial charge is 0.343 e. The number of nitrogens with one attached hydrogen (secondary N) is 1. The van der Waals surface area contributed by atoms with Gasteiger partial charge >= 0.3 is 12.0 Å². The molecule has 200 valence electrons. The summed E-state index contributed by atoms with van der Waals surface area (Å²) in [7, 11) is 5.72. The minimum Gasteiger partial charge on any atom is -0.497 e. The molecule has 3 aromatic rings. The number of esters is 1. The first-order valence-corrected chi connectivity index (χ1v) is 11.5. The van der Waals surface area contributed by atoms with Gasteiger partial charge in [0.05, 0.1) is 39.7 Å². The Kier molecular flexibility index (Phi) is 7.80. The molecule has 39 heavy (non-hydrogen) atoms. The van der Waals surface area contributed by atoms with E-state index in [1.165, 1.54) is 64.8 Å². The molecule has 3 aromatic carbocycles. The molecule has 1 aliphatic rings. The Bertz CT molecular complexity index is 1470. The first-order chi connectivity index (χ1) is 18.8. The number of nitrogens with zero attached hydrogens (tertiary/aromatic N) is 1. The summed E-state index contributed by atoms with van der Waals surface area (Å²) in [5.74, 6) is -1.21. The van der Waals surface area contributed by atoms with Gasteiger partial charge in [-0.3, -0.25) is 14.9 Å². The van der Waals surface area contributed by atoms with Crippen molar-refractivity contribution in [2.45, 2.75) is 0 Å². The summed E-state index contributed by atoms with van der Waals surface area (Å²) in [6.45, 7) is 0. The molecule has 11 nitrogen and oxygen atoms in total. The lowest BCUT2D eigenvalue weighted by Gasteiger charge is -2.26. The van der Waals surface area contributed by atoms with Gasteiger partial charge in [-0.25, -0.2) is 14.5 Å². The van der Waals surface area contributed by atoms with Gasteiger partial charge in [0.1, 0.15) is 17.1 Å². The van der Waals surface area contributed by atoms with Gasteiger partial charge in [0, 0.05) is 11.6 Å². The van der Waals surface area contributed by atoms with Crippen molar-refractivity contribution in [2.75, 3.05) is 33.3 Å². The number of amides is 4. The third-order valence-corrected chi connectivity index (χ3v) is 5.74. The van der Waals surface area contributed by atoms with Crippen LogP contribution in [0.25, 0.3) is 6.08 Å². The fourth-order valence-corrected chi connectivity index (χ4v) is 3.85. The van der Waals surface area contributed by atoms with E-state index >= 15 is 0 Å². The SMILES string of the molecule is COc1cccc(N2C(=O)NC(=O)/C(=C/c3ccccc3OC(=O)c3cc(OC)c(OC)c(OC)c3)C2=O)c1. The molecule has 11 heteroatoms. The quantitative estimate of drug-likeness (QED) is 0.200. The zero-order chi connectivity index (χ0) is 28.1. The van der Waals surface area contributed by atoms with Crippen molar-refractivity contribution >= 4 is 35.6 Å². The summed E-state index contributed by atoms with van der Waals surface area (Å²) in [6.07, 6.45) is 1.25. The van der Waals surface area contributed by atoms with Crippen molar-refractivity contribution in [2.24, 2.45) is 0 Å². The Balaban J connectivity index is 1.68. The predicted octanol–water partition coefficient (Wildman–Crippen LogP) is 3.61. The van der Waals surface area contributed by atoms with Crippen LogP contribution in [0.5, 0.6) is 28.7 Å². The maximum Gasteiger partial charge on any atom is 0.343 e. The number of barbiturate groups is 1. The van der Waals surface area contributed by atoms with Gasteiger partial charge in [-0.05, 0) is 36.4 Å². The van der Waals surface area contributed by atoms with Crippen molar-refractivity contribution in [3.8, 4) is 28.7 Å². The van der Waals surface area contributed by atoms with Crippen molar-refractivity contribution in [1.82, 2.24) is 5.32 Å². The number of benzene rings is 3. The van der Waals surface area contributed by atoms with Crippen LogP contribution >= 0.6 is 0 Å². The number of methoxy groups -OCH3 is 4. The minimum atomic E-state index is -0.905. The number of carbonyl (C=O) groups excluding carboxylic acids is 4. The Labute approximate surface area is 223 Å². The van der Waals surface area contributed by atoms with Crippen LogP contribution in [0.4, 0.5) is 10.5 Å². The van der Waals surface area contributed by atoms with Crippen LogP contribution < -0.4 is 33.9 Å². The Morgan fingerprint density at radius 3 is 2.13 bits per heavy atom. The molecular weight excluding hydrogens is 508 g/mol. The maximum atomic E-state index is 13.3. The van der Waals surface area contributed by atoms with Crippen LogP contribution in [-0.2, 0) is 9.59 Å². The molecule has 0 radical (unpaired) electrons. The monoisotopic (exact) mass is 532 g/mol. The average molecular weight is 533 g/mol. The Morgan fingerprint density at radius 2 is 1.49 bits per heavy atom. The van der Waals surface area contributed by atoms with Crippen molar-refractivity contribution in [3.05, 3.63) is 77.4 Å². The average Bonchev–Trinajstić information content (AvgIpc) is 2.95. The number of anilines is 1. The summed E-state index contributed by atoms with van der Waals surface area (Å²) in [5.41, 5.74) is 0.219. The summed E-state index contributed by atoms with van der Waals surface area (Å²) in [5, 5.41) is 2.16. The van der Waals surface area contributed by atoms with Crippen molar-refractivity contribution in [1.29, 1.82) is 0 Å². The molecule has 1 aliphatic heterocycles. The minimum absolute atomic E-state index is 0.0641. The van der Waals surface area contributed by atoms with E-state index in [-0.39, 0.29) is 39.6 Å². The molecule has 0 atom stereocenters. The summed E-state index contributed by atoms with van der Waals surface area (Å²) >= 11 is 0. The number of para-hydroxylation sites is 1. The molecule has 0 aromatic heterocycles. The van der Waals surface area contributed by atoms with Gasteiger partial charge in [0.25, 0.3) is 11.8 Å². The molecule has 4 amide bonds. The molecule has 0 unspecified atom stereocenters. The summed E-state index contributed by atoms with van der Waals surface area (Å²) in [4.78, 5) is 52.4. The second-order valence-corrected chi connectivity index (χ2v) is 8.00. The molecular formula is C28H24N2O9. The van der Waals surface area contributed by atoms with Crippen LogP contribution in [0.3, 0.4) is 0 Å². The molecule has 1 saturated heterocycles. The third kappa shape index (κ3) is 5.37. The first-order valence-electron chi connectivity index (χ1n) is 11.5. The third-order valence-electron chi connectivity index (χ3n) is 5.74. The molecule has 0 spiro atoms. The van der Waals surface area contributed by atoms with Gasteiger partial charge in [-0.15, -0.1) is 0 Å². The van der Waals surface area contributed by atoms with Crippen LogP contribution in [-0.4, -0.2) is 52.3 Å². The van der Waals surface area contributed by atoms with E-state index in [0.717, 1.165) is 4.90 Å². The van der Waals surface area contributed by atoms with Crippen LogP contribution in [0.2, 0.25) is 0 Å². The second kappa shape index (κ2) is 11.4. The predicted molar refractivity (Wildman–Crippen MR) is 139 cm³/mol. The van der Waals surface area contributed by atoms with Crippen molar-refractivity contribution < 1.29 is 42.9 Å². The largest absolute Gasteiger partial charge is 0.497 e. The molecule has 1 fully saturated rings. The zero-order valence-electron chi connectivity index (χ0n) is 21.5. The van der Waals surface area contributed by atoms with Gasteiger partial charge in [0.15, 0.2) is 11.5 Å². The molecule has 4 rings (SSSR count). The van der Waals surface area contributed by atoms with E-state index in [2.05, 4.69) is 5.32 Å². The lowest BCUT2D eigenvalue weighted by Crippen LogP contribution is -2.54. The highest BCUT2D eigenvalue weighted by atomic mass is 16.5. The highest BCUT2D eigenvalue weighted by Crippen LogP contribution is 2.38. The molecule has 1 heterocycles. The van der Waals surface area contributed by atoms with E-state index in [4.69, 9.17) is 23.7 Å². The second-order valence-electron chi connectivity index (χ2n) is 8.00. The molecule has 0 saturated carbocycles. The van der Waals surface area contributed by atoms with E-state index < -0.39 is 23.8 Å². The highest BCUT2D eigenvalue weighted by molar-refractivity contribution is 6.39. The fraction of sp³-hybridized carbons (Fsp3) is 0.143. The number of carbonyl (C=O) groups is 4. The standard InChI is InChI=1S/C28H24N2O9/c1-35-19-10-7-9-18(15-19)30-26(32)20(25(31)29-28(30)34)12-16-8-5-6-11-21(16)39-27(33)17-13-22(36-2)24(38-4)23(14-17)37-3/h5-15H,1-4H3,(H,29,31,34)/b20-12-. The van der Waals surface area contributed by atoms with Crippen molar-refractivity contribution in [3.63, 3.8) is 0 Å². The van der Waals surface area contributed by atoms with Gasteiger partial charge < -0.3 is 23.7 Å². The molecule has 0 bridgehead atoms. The van der Waals surface area contributed by atoms with Gasteiger partial charge in [-0.1, -0.05) is 24.3 Å². The molecule has 0 aliphatic carbocycles. The van der Waals surface area contributed by atoms with E-state index in [9.17, 15) is 19.2 Å². The number of imide groups is 2. The Hall–Kier alpha value is -5.32. The number of hydrogen-bond acceptors (Lipinski definition) is 9. The van der Waals surface area contributed by atoms with Crippen LogP contribution in [0.15, 0.2) is 66.2 Å². The normalized spacial score (nSPS) is 14.1. The number of rotatable bonds is 8. The van der Waals surface area contributed by atoms with Crippen LogP contribution in [0.1, 0.15) is 15.9 Å². The summed E-state index contributed by atoms with van der Waals surface area (Å²) < 4.78 is 26.6. The van der Waals surface area contributed by atoms with E-state index in [1.807, 2.05) is 0 Å². The van der Waals surface area contributed by atoms with Gasteiger partial charge in [0.2, 0.25) is 5.75 Å². The zero-order valence-corrected chi connectivity index (χ0v) is 21.5. The highest BCUT2D eigenvalue weighted by Gasteiger charge is 2.37. The first kappa shape index (κ1) is 26.7.